The van der Waals surface area contributed by atoms with Gasteiger partial charge in [-0.1, -0.05) is 42.5 Å². The summed E-state index contributed by atoms with van der Waals surface area (Å²) >= 11 is 2.29. The quantitative estimate of drug-likeness (QED) is 0.191. The molecule has 0 fully saturated rings. The van der Waals surface area contributed by atoms with Gasteiger partial charge in [-0.25, -0.2) is 0 Å². The van der Waals surface area contributed by atoms with Crippen LogP contribution >= 0.6 is 22.6 Å². The average molecular weight is 610 g/mol. The van der Waals surface area contributed by atoms with Crippen LogP contribution in [0.5, 0.6) is 5.75 Å². The van der Waals surface area contributed by atoms with Crippen molar-refractivity contribution in [2.45, 2.75) is 56.7 Å². The Labute approximate surface area is 221 Å². The van der Waals surface area contributed by atoms with Gasteiger partial charge in [-0.05, 0) is 65.9 Å². The first-order chi connectivity index (χ1) is 16.7. The topological polar surface area (TPSA) is 69.4 Å². The Morgan fingerprint density at radius 1 is 1.23 bits per heavy atom. The van der Waals surface area contributed by atoms with Crippen molar-refractivity contribution in [1.82, 2.24) is 15.0 Å². The highest BCUT2D eigenvalue weighted by atomic mass is 127. The molecule has 1 aliphatic rings. The third-order valence-electron chi connectivity index (χ3n) is 7.04. The Morgan fingerprint density at radius 3 is 2.63 bits per heavy atom. The van der Waals surface area contributed by atoms with Gasteiger partial charge in [-0.2, -0.15) is 0 Å². The molecule has 0 aliphatic carbocycles. The lowest BCUT2D eigenvalue weighted by Crippen LogP contribution is -2.46. The van der Waals surface area contributed by atoms with Crippen LogP contribution in [0.4, 0.5) is 4.11 Å². The van der Waals surface area contributed by atoms with E-state index in [-0.39, 0.29) is 36.2 Å². The fraction of sp³-hybridized carbons (Fsp3) is 0.462. The number of hydrogen-bond acceptors (Lipinski definition) is 5. The summed E-state index contributed by atoms with van der Waals surface area (Å²) in [7, 11) is -1.39. The van der Waals surface area contributed by atoms with Gasteiger partial charge in [-0.15, -0.1) is 5.10 Å². The van der Waals surface area contributed by atoms with Crippen LogP contribution < -0.4 is 4.74 Å². The molecule has 6 nitrogen and oxygen atoms in total. The van der Waals surface area contributed by atoms with Crippen LogP contribution in [0.1, 0.15) is 42.2 Å². The molecule has 1 N–H and O–H groups in total. The van der Waals surface area contributed by atoms with Crippen molar-refractivity contribution in [2.24, 2.45) is 5.92 Å². The molecule has 2 heterocycles. The van der Waals surface area contributed by atoms with Crippen molar-refractivity contribution >= 4 is 31.0 Å². The molecule has 0 amide bonds. The molecule has 0 saturated heterocycles. The lowest BCUT2D eigenvalue weighted by molar-refractivity contribution is -0.0243. The molecule has 0 saturated carbocycles. The van der Waals surface area contributed by atoms with Crippen molar-refractivity contribution in [3.63, 3.8) is 0 Å². The second-order valence-corrected chi connectivity index (χ2v) is 14.9. The van der Waals surface area contributed by atoms with Gasteiger partial charge in [0.25, 0.3) is 0 Å². The van der Waals surface area contributed by atoms with Crippen LogP contribution in [0.2, 0.25) is 18.6 Å². The minimum atomic E-state index is -3.10. The van der Waals surface area contributed by atoms with E-state index in [0.717, 1.165) is 20.4 Å². The van der Waals surface area contributed by atoms with E-state index in [1.807, 2.05) is 48.7 Å². The van der Waals surface area contributed by atoms with Crippen LogP contribution in [0.25, 0.3) is 0 Å². The van der Waals surface area contributed by atoms with Crippen LogP contribution in [0.3, 0.4) is 0 Å². The van der Waals surface area contributed by atoms with Crippen molar-refractivity contribution in [1.29, 1.82) is 0 Å². The first-order valence-corrected chi connectivity index (χ1v) is 16.0. The summed E-state index contributed by atoms with van der Waals surface area (Å²) in [6, 6.07) is 15.8. The summed E-state index contributed by atoms with van der Waals surface area (Å²) in [5, 5.41) is 18.6. The number of aliphatic hydroxyl groups is 1. The molecule has 4 rings (SSSR count). The minimum absolute atomic E-state index is 0.00128. The van der Waals surface area contributed by atoms with Gasteiger partial charge >= 0.3 is 0 Å². The monoisotopic (exact) mass is 609 g/mol. The number of aliphatic hydroxyl groups excluding tert-OH is 1. The van der Waals surface area contributed by atoms with Gasteiger partial charge in [-0.3, -0.25) is 4.68 Å². The first kappa shape index (κ1) is 26.2. The standard InChI is InChI=1S/C26H33FIN3O3Si/c1-17-25(33-2)20-14-19(28)10-11-23(20)34-26(17)24(35(3,4)27)12-13-31-15-22(29-30-31)21(16-32)18-8-6-5-7-9-18/h5-11,14-15,17,21,24-26,32H,12-13,16H2,1-4H3/t17-,21?,24?,25-,26-/m1/s1. The van der Waals surface area contributed by atoms with Gasteiger partial charge in [0.2, 0.25) is 8.41 Å². The summed E-state index contributed by atoms with van der Waals surface area (Å²) in [6.07, 6.45) is 2.00. The van der Waals surface area contributed by atoms with E-state index in [4.69, 9.17) is 9.47 Å². The number of fused-ring (bicyclic) bond motifs is 1. The second-order valence-electron chi connectivity index (χ2n) is 9.79. The molecule has 1 aromatic heterocycles. The molecule has 35 heavy (non-hydrogen) atoms. The zero-order valence-electron chi connectivity index (χ0n) is 20.6. The maximum atomic E-state index is 15.7. The largest absolute Gasteiger partial charge is 0.490 e. The van der Waals surface area contributed by atoms with E-state index in [1.54, 1.807) is 24.9 Å². The second kappa shape index (κ2) is 11.1. The number of aryl methyl sites for hydroxylation is 1. The van der Waals surface area contributed by atoms with E-state index >= 15 is 4.11 Å². The average Bonchev–Trinajstić information content (AvgIpc) is 3.28. The minimum Gasteiger partial charge on any atom is -0.490 e. The fourth-order valence-corrected chi connectivity index (χ4v) is 7.64. The lowest BCUT2D eigenvalue weighted by atomic mass is 9.86. The maximum absolute atomic E-state index is 15.7. The number of methoxy groups -OCH3 is 1. The van der Waals surface area contributed by atoms with Crippen molar-refractivity contribution in [3.05, 3.63) is 75.1 Å². The number of nitrogens with zero attached hydrogens (tertiary/aromatic N) is 3. The molecule has 0 spiro atoms. The number of ether oxygens (including phenoxy) is 2. The molecule has 2 unspecified atom stereocenters. The normalized spacial score (nSPS) is 21.7. The predicted octanol–water partition coefficient (Wildman–Crippen LogP) is 5.73. The lowest BCUT2D eigenvalue weighted by Gasteiger charge is -2.43. The summed E-state index contributed by atoms with van der Waals surface area (Å²) < 4.78 is 31.0. The molecule has 3 aromatic rings. The highest BCUT2D eigenvalue weighted by molar-refractivity contribution is 14.1. The summed E-state index contributed by atoms with van der Waals surface area (Å²) in [6.45, 7) is 6.06. The number of aromatic nitrogens is 3. The van der Waals surface area contributed by atoms with E-state index in [0.29, 0.717) is 18.7 Å². The van der Waals surface area contributed by atoms with E-state index < -0.39 is 8.41 Å². The van der Waals surface area contributed by atoms with Crippen LogP contribution in [0.15, 0.2) is 54.7 Å². The van der Waals surface area contributed by atoms with Crippen molar-refractivity contribution in [2.75, 3.05) is 13.7 Å². The van der Waals surface area contributed by atoms with E-state index in [9.17, 15) is 5.11 Å². The smallest absolute Gasteiger partial charge is 0.247 e. The number of hydrogen-bond donors (Lipinski definition) is 1. The van der Waals surface area contributed by atoms with Gasteiger partial charge in [0.15, 0.2) is 0 Å². The third kappa shape index (κ3) is 5.78. The van der Waals surface area contributed by atoms with Gasteiger partial charge < -0.3 is 18.7 Å². The Balaban J connectivity index is 1.54. The SMILES string of the molecule is CO[C@H]1c2cc(I)ccc2O[C@@H](C(CCn2cc(C(CO)c3ccccc3)nn2)[Si](C)(C)F)[C@@H]1C. The molecule has 2 aromatic carbocycles. The molecule has 0 bridgehead atoms. The highest BCUT2D eigenvalue weighted by Gasteiger charge is 2.47. The van der Waals surface area contributed by atoms with E-state index in [1.165, 1.54) is 0 Å². The molecule has 9 heteroatoms. The van der Waals surface area contributed by atoms with Gasteiger partial charge in [0, 0.05) is 40.4 Å². The number of halogens is 2. The van der Waals surface area contributed by atoms with Crippen molar-refractivity contribution in [3.8, 4) is 5.75 Å². The zero-order valence-corrected chi connectivity index (χ0v) is 23.7. The fourth-order valence-electron chi connectivity index (χ4n) is 5.16. The molecule has 0 radical (unpaired) electrons. The third-order valence-corrected chi connectivity index (χ3v) is 10.1. The summed E-state index contributed by atoms with van der Waals surface area (Å²) in [4.78, 5) is 0. The summed E-state index contributed by atoms with van der Waals surface area (Å²) in [5.41, 5.74) is 2.47. The summed E-state index contributed by atoms with van der Waals surface area (Å²) in [5.74, 6) is 0.540. The molecular formula is C26H33FIN3O3Si. The zero-order chi connectivity index (χ0) is 25.2. The number of benzene rings is 2. The van der Waals surface area contributed by atoms with E-state index in [2.05, 4.69) is 45.9 Å². The Morgan fingerprint density at radius 2 is 1.97 bits per heavy atom. The van der Waals surface area contributed by atoms with Crippen LogP contribution in [0, 0.1) is 9.49 Å². The predicted molar refractivity (Wildman–Crippen MR) is 145 cm³/mol. The Kier molecular flexibility index (Phi) is 8.29. The maximum Gasteiger partial charge on any atom is 0.247 e. The Hall–Kier alpha value is -1.82. The highest BCUT2D eigenvalue weighted by Crippen LogP contribution is 2.47. The number of rotatable bonds is 9. The van der Waals surface area contributed by atoms with Crippen molar-refractivity contribution < 1.29 is 18.7 Å². The van der Waals surface area contributed by atoms with Gasteiger partial charge in [0.05, 0.1) is 24.3 Å². The Bertz CT molecular complexity index is 1120. The van der Waals surface area contributed by atoms with Gasteiger partial charge in [0.1, 0.15) is 11.9 Å². The molecule has 188 valence electrons. The molecular weight excluding hydrogens is 576 g/mol. The van der Waals surface area contributed by atoms with Crippen LogP contribution in [-0.4, -0.2) is 48.3 Å². The first-order valence-electron chi connectivity index (χ1n) is 12.0. The van der Waals surface area contributed by atoms with Crippen LogP contribution in [-0.2, 0) is 11.3 Å². The molecule has 1 aliphatic heterocycles. The molecule has 5 atom stereocenters.